The number of halogens is 3. The van der Waals surface area contributed by atoms with Crippen molar-refractivity contribution >= 4 is 18.2 Å². The molecule has 3 aliphatic rings. The fourth-order valence-electron chi connectivity index (χ4n) is 5.33. The van der Waals surface area contributed by atoms with Gasteiger partial charge in [0.15, 0.2) is 5.82 Å². The highest BCUT2D eigenvalue weighted by atomic mass is 19.1. The van der Waals surface area contributed by atoms with E-state index in [1.54, 1.807) is 11.1 Å². The number of rotatable bonds is 5. The molecule has 1 saturated carbocycles. The Bertz CT molecular complexity index is 1420. The molecule has 2 fully saturated rings. The number of hydrazone groups is 1. The molecule has 0 N–H and O–H groups in total. The standard InChI is InChI=1S/C27H29F3N8O/c1-16-24(17(2)37(34-16)15-18-3-4-18)25-22(30)14-31-26(33-25)35-7-9-36(10-8-35)27(39)38-23(5-6-32-38)19-11-20(28)13-21(29)12-19/h6,11-14,18,23H,3-5,7-10,15H2,1-2H3/t23-/m0/s1. The van der Waals surface area contributed by atoms with Crippen LogP contribution in [0.3, 0.4) is 0 Å². The molecule has 0 spiro atoms. The van der Waals surface area contributed by atoms with Crippen LogP contribution in [0.2, 0.25) is 0 Å². The molecule has 1 atom stereocenters. The van der Waals surface area contributed by atoms with Gasteiger partial charge in [0, 0.05) is 62.7 Å². The normalized spacial score (nSPS) is 19.3. The van der Waals surface area contributed by atoms with Crippen molar-refractivity contribution in [2.45, 2.75) is 45.7 Å². The Morgan fingerprint density at radius 1 is 1.03 bits per heavy atom. The van der Waals surface area contributed by atoms with Gasteiger partial charge >= 0.3 is 6.03 Å². The minimum atomic E-state index is -0.697. The molecule has 39 heavy (non-hydrogen) atoms. The quantitative estimate of drug-likeness (QED) is 0.479. The number of nitrogens with zero attached hydrogens (tertiary/aromatic N) is 8. The van der Waals surface area contributed by atoms with Crippen LogP contribution < -0.4 is 4.90 Å². The third-order valence-corrected chi connectivity index (χ3v) is 7.61. The zero-order valence-electron chi connectivity index (χ0n) is 21.8. The molecule has 1 saturated heterocycles. The molecule has 3 aromatic rings. The van der Waals surface area contributed by atoms with Gasteiger partial charge in [0.1, 0.15) is 17.3 Å². The van der Waals surface area contributed by atoms with Gasteiger partial charge in [-0.1, -0.05) is 0 Å². The van der Waals surface area contributed by atoms with Crippen molar-refractivity contribution in [1.82, 2.24) is 29.7 Å². The number of carbonyl (C=O) groups is 1. The Hall–Kier alpha value is -3.96. The number of hydrogen-bond donors (Lipinski definition) is 0. The van der Waals surface area contributed by atoms with Gasteiger partial charge in [-0.3, -0.25) is 4.68 Å². The molecule has 1 aromatic carbocycles. The lowest BCUT2D eigenvalue weighted by Crippen LogP contribution is -2.52. The van der Waals surface area contributed by atoms with Crippen molar-refractivity contribution in [3.05, 3.63) is 58.8 Å². The van der Waals surface area contributed by atoms with Crippen molar-refractivity contribution in [3.63, 3.8) is 0 Å². The van der Waals surface area contributed by atoms with Crippen molar-refractivity contribution in [2.24, 2.45) is 11.0 Å². The first-order valence-corrected chi connectivity index (χ1v) is 13.2. The highest BCUT2D eigenvalue weighted by molar-refractivity contribution is 5.79. The van der Waals surface area contributed by atoms with Crippen LogP contribution in [0.25, 0.3) is 11.3 Å². The van der Waals surface area contributed by atoms with Crippen LogP contribution >= 0.6 is 0 Å². The molecule has 2 aliphatic heterocycles. The molecule has 0 bridgehead atoms. The smallest absolute Gasteiger partial charge is 0.337 e. The van der Waals surface area contributed by atoms with E-state index in [9.17, 15) is 18.0 Å². The predicted octanol–water partition coefficient (Wildman–Crippen LogP) is 4.46. The summed E-state index contributed by atoms with van der Waals surface area (Å²) in [5.41, 5.74) is 2.89. The van der Waals surface area contributed by atoms with E-state index in [1.165, 1.54) is 36.2 Å². The minimum Gasteiger partial charge on any atom is -0.337 e. The molecule has 6 rings (SSSR count). The number of urea groups is 1. The van der Waals surface area contributed by atoms with Gasteiger partial charge in [0.05, 0.1) is 17.9 Å². The van der Waals surface area contributed by atoms with Crippen molar-refractivity contribution in [3.8, 4) is 11.3 Å². The summed E-state index contributed by atoms with van der Waals surface area (Å²) in [4.78, 5) is 25.7. The average molecular weight is 539 g/mol. The summed E-state index contributed by atoms with van der Waals surface area (Å²) in [6.07, 6.45) is 5.53. The van der Waals surface area contributed by atoms with E-state index in [2.05, 4.69) is 20.2 Å². The fourth-order valence-corrected chi connectivity index (χ4v) is 5.33. The van der Waals surface area contributed by atoms with E-state index in [0.717, 1.165) is 24.0 Å². The molecule has 0 radical (unpaired) electrons. The number of anilines is 1. The zero-order valence-corrected chi connectivity index (χ0v) is 21.8. The fraction of sp³-hybridized carbons (Fsp3) is 0.444. The molecule has 12 heteroatoms. The van der Waals surface area contributed by atoms with E-state index >= 15 is 0 Å². The zero-order chi connectivity index (χ0) is 27.3. The maximum Gasteiger partial charge on any atom is 0.341 e. The van der Waals surface area contributed by atoms with Crippen molar-refractivity contribution in [2.75, 3.05) is 31.1 Å². The van der Waals surface area contributed by atoms with E-state index in [0.29, 0.717) is 55.6 Å². The lowest BCUT2D eigenvalue weighted by molar-refractivity contribution is 0.139. The monoisotopic (exact) mass is 538 g/mol. The summed E-state index contributed by atoms with van der Waals surface area (Å²) in [6, 6.07) is 2.34. The molecular formula is C27H29F3N8O. The maximum atomic E-state index is 14.9. The van der Waals surface area contributed by atoms with Gasteiger partial charge in [-0.15, -0.1) is 0 Å². The Labute approximate surface area is 223 Å². The van der Waals surface area contributed by atoms with Gasteiger partial charge in [-0.05, 0) is 50.3 Å². The Morgan fingerprint density at radius 3 is 2.44 bits per heavy atom. The van der Waals surface area contributed by atoms with Crippen LogP contribution in [0, 0.1) is 37.2 Å². The lowest BCUT2D eigenvalue weighted by atomic mass is 10.0. The van der Waals surface area contributed by atoms with E-state index in [1.807, 2.05) is 23.4 Å². The van der Waals surface area contributed by atoms with Gasteiger partial charge in [-0.2, -0.15) is 10.2 Å². The Morgan fingerprint density at radius 2 is 1.74 bits per heavy atom. The van der Waals surface area contributed by atoms with Gasteiger partial charge in [0.25, 0.3) is 0 Å². The Balaban J connectivity index is 1.15. The molecular weight excluding hydrogens is 509 g/mol. The van der Waals surface area contributed by atoms with Crippen LogP contribution in [0.15, 0.2) is 29.5 Å². The number of piperazine rings is 1. The molecule has 0 unspecified atom stereocenters. The van der Waals surface area contributed by atoms with E-state index < -0.39 is 23.5 Å². The lowest BCUT2D eigenvalue weighted by Gasteiger charge is -2.37. The second kappa shape index (κ2) is 9.97. The highest BCUT2D eigenvalue weighted by Gasteiger charge is 2.34. The second-order valence-corrected chi connectivity index (χ2v) is 10.4. The topological polar surface area (TPSA) is 82.8 Å². The van der Waals surface area contributed by atoms with Crippen LogP contribution in [0.1, 0.15) is 42.3 Å². The van der Waals surface area contributed by atoms with Gasteiger partial charge in [-0.25, -0.2) is 32.9 Å². The Kier molecular flexibility index (Phi) is 6.48. The third kappa shape index (κ3) is 4.95. The van der Waals surface area contributed by atoms with Crippen molar-refractivity contribution < 1.29 is 18.0 Å². The second-order valence-electron chi connectivity index (χ2n) is 10.4. The number of hydrogen-bond acceptors (Lipinski definition) is 6. The van der Waals surface area contributed by atoms with Crippen LogP contribution in [0.5, 0.6) is 0 Å². The van der Waals surface area contributed by atoms with Gasteiger partial charge in [0.2, 0.25) is 5.95 Å². The summed E-state index contributed by atoms with van der Waals surface area (Å²) in [7, 11) is 0. The van der Waals surface area contributed by atoms with E-state index in [-0.39, 0.29) is 11.7 Å². The van der Waals surface area contributed by atoms with Crippen molar-refractivity contribution in [1.29, 1.82) is 0 Å². The minimum absolute atomic E-state index is 0.229. The first-order chi connectivity index (χ1) is 18.8. The molecule has 2 aromatic heterocycles. The summed E-state index contributed by atoms with van der Waals surface area (Å²) >= 11 is 0. The summed E-state index contributed by atoms with van der Waals surface area (Å²) in [5, 5.41) is 10.1. The van der Waals surface area contributed by atoms with Crippen LogP contribution in [-0.4, -0.2) is 68.1 Å². The average Bonchev–Trinajstić information content (AvgIpc) is 3.51. The predicted molar refractivity (Wildman–Crippen MR) is 139 cm³/mol. The largest absolute Gasteiger partial charge is 0.341 e. The molecule has 2 amide bonds. The van der Waals surface area contributed by atoms with Crippen LogP contribution in [0.4, 0.5) is 23.9 Å². The number of benzene rings is 1. The highest BCUT2D eigenvalue weighted by Crippen LogP contribution is 2.34. The molecule has 1 aliphatic carbocycles. The number of aryl methyl sites for hydroxylation is 1. The van der Waals surface area contributed by atoms with E-state index in [4.69, 9.17) is 0 Å². The first kappa shape index (κ1) is 25.3. The van der Waals surface area contributed by atoms with Crippen LogP contribution in [-0.2, 0) is 6.54 Å². The van der Waals surface area contributed by atoms with Gasteiger partial charge < -0.3 is 9.80 Å². The first-order valence-electron chi connectivity index (χ1n) is 13.2. The number of carbonyl (C=O) groups excluding carboxylic acids is 1. The third-order valence-electron chi connectivity index (χ3n) is 7.61. The number of aromatic nitrogens is 4. The molecule has 4 heterocycles. The molecule has 9 nitrogen and oxygen atoms in total. The number of amides is 2. The molecule has 204 valence electrons. The summed E-state index contributed by atoms with van der Waals surface area (Å²) in [6.45, 7) is 6.24. The SMILES string of the molecule is Cc1nn(CC2CC2)c(C)c1-c1nc(N2CCN(C(=O)N3N=CC[C@H]3c3cc(F)cc(F)c3)CC2)ncc1F. The maximum absolute atomic E-state index is 14.9. The summed E-state index contributed by atoms with van der Waals surface area (Å²) in [5.74, 6) is -0.873. The summed E-state index contributed by atoms with van der Waals surface area (Å²) < 4.78 is 44.5.